The maximum Gasteiger partial charge on any atom is 0.279 e. The summed E-state index contributed by atoms with van der Waals surface area (Å²) in [5.74, 6) is 1.01. The van der Waals surface area contributed by atoms with Crippen molar-refractivity contribution in [1.82, 2.24) is 14.9 Å². The van der Waals surface area contributed by atoms with E-state index in [0.29, 0.717) is 28.7 Å². The highest BCUT2D eigenvalue weighted by Gasteiger charge is 2.24. The molecule has 33 heavy (non-hydrogen) atoms. The van der Waals surface area contributed by atoms with Crippen LogP contribution in [0.2, 0.25) is 0 Å². The van der Waals surface area contributed by atoms with E-state index in [-0.39, 0.29) is 10.7 Å². The van der Waals surface area contributed by atoms with Gasteiger partial charge in [0.15, 0.2) is 5.43 Å². The molecule has 1 aliphatic rings. The molecule has 0 atom stereocenters. The lowest BCUT2D eigenvalue weighted by Crippen LogP contribution is -2.21. The molecule has 7 heteroatoms. The van der Waals surface area contributed by atoms with Gasteiger partial charge in [-0.3, -0.25) is 19.1 Å². The van der Waals surface area contributed by atoms with E-state index >= 15 is 0 Å². The number of aromatic nitrogens is 2. The van der Waals surface area contributed by atoms with Gasteiger partial charge in [0.25, 0.3) is 5.24 Å². The number of carbonyl (C=O) groups excluding carboxylic acids is 1. The molecule has 5 rings (SSSR count). The Morgan fingerprint density at radius 1 is 1.06 bits per heavy atom. The predicted molar refractivity (Wildman–Crippen MR) is 135 cm³/mol. The second-order valence-electron chi connectivity index (χ2n) is 8.16. The van der Waals surface area contributed by atoms with Crippen molar-refractivity contribution >= 4 is 39.4 Å². The number of pyridine rings is 2. The second-order valence-corrected chi connectivity index (χ2v) is 9.10. The number of para-hydroxylation sites is 2. The molecule has 0 saturated heterocycles. The summed E-state index contributed by atoms with van der Waals surface area (Å²) in [7, 11) is 0. The first-order chi connectivity index (χ1) is 16.1. The minimum atomic E-state index is -0.124. The normalized spacial score (nSPS) is 13.1. The molecular weight excluding hydrogens is 432 g/mol. The SMILES string of the molecule is Cc1cc2c(c(CSC(=O)NC3CC3)n1)c(=O)cc(Nc1ccccc1)n2-c1ccccc1. The third-order valence-corrected chi connectivity index (χ3v) is 6.30. The third-order valence-electron chi connectivity index (χ3n) is 5.50. The number of rotatable bonds is 6. The zero-order valence-electron chi connectivity index (χ0n) is 18.2. The molecule has 0 bridgehead atoms. The first-order valence-electron chi connectivity index (χ1n) is 11.0. The van der Waals surface area contributed by atoms with Crippen LogP contribution in [-0.4, -0.2) is 20.8 Å². The molecule has 4 aromatic rings. The molecule has 0 radical (unpaired) electrons. The highest BCUT2D eigenvalue weighted by molar-refractivity contribution is 8.12. The quantitative estimate of drug-likeness (QED) is 0.398. The Hall–Kier alpha value is -3.58. The average molecular weight is 457 g/mol. The standard InChI is InChI=1S/C26H24N4O2S/c1-17-14-22-25(21(27-17)16-33-26(32)29-19-12-13-19)23(31)15-24(28-18-8-4-2-5-9-18)30(22)20-10-6-3-7-11-20/h2-11,14-15,19,28H,12-13,16H2,1H3,(H,29,32). The van der Waals surface area contributed by atoms with E-state index in [2.05, 4.69) is 15.6 Å². The Balaban J connectivity index is 1.64. The van der Waals surface area contributed by atoms with Crippen LogP contribution in [0.5, 0.6) is 0 Å². The predicted octanol–water partition coefficient (Wildman–Crippen LogP) is 5.54. The van der Waals surface area contributed by atoms with Crippen LogP contribution in [0.1, 0.15) is 24.2 Å². The highest BCUT2D eigenvalue weighted by Crippen LogP contribution is 2.28. The number of hydrogen-bond acceptors (Lipinski definition) is 5. The van der Waals surface area contributed by atoms with E-state index in [9.17, 15) is 9.59 Å². The van der Waals surface area contributed by atoms with Crippen LogP contribution in [0.3, 0.4) is 0 Å². The fourth-order valence-electron chi connectivity index (χ4n) is 3.85. The van der Waals surface area contributed by atoms with Crippen molar-refractivity contribution in [2.75, 3.05) is 5.32 Å². The minimum absolute atomic E-state index is 0.0697. The topological polar surface area (TPSA) is 76.0 Å². The van der Waals surface area contributed by atoms with Gasteiger partial charge in [0.1, 0.15) is 5.82 Å². The van der Waals surface area contributed by atoms with Gasteiger partial charge in [-0.15, -0.1) is 0 Å². The molecule has 1 amide bonds. The molecule has 166 valence electrons. The van der Waals surface area contributed by atoms with E-state index in [4.69, 9.17) is 0 Å². The van der Waals surface area contributed by atoms with Crippen LogP contribution in [-0.2, 0) is 5.75 Å². The molecule has 0 spiro atoms. The number of amides is 1. The molecule has 2 aromatic carbocycles. The molecule has 1 fully saturated rings. The van der Waals surface area contributed by atoms with Crippen molar-refractivity contribution < 1.29 is 4.79 Å². The number of aryl methyl sites for hydroxylation is 1. The van der Waals surface area contributed by atoms with Gasteiger partial charge < -0.3 is 10.6 Å². The molecule has 0 aliphatic heterocycles. The zero-order chi connectivity index (χ0) is 22.8. The lowest BCUT2D eigenvalue weighted by Gasteiger charge is -2.20. The van der Waals surface area contributed by atoms with E-state index in [1.807, 2.05) is 78.2 Å². The van der Waals surface area contributed by atoms with Crippen molar-refractivity contribution in [2.45, 2.75) is 31.6 Å². The molecule has 2 heterocycles. The van der Waals surface area contributed by atoms with Crippen LogP contribution in [0.4, 0.5) is 16.3 Å². The van der Waals surface area contributed by atoms with Gasteiger partial charge in [-0.2, -0.15) is 0 Å². The van der Waals surface area contributed by atoms with Gasteiger partial charge in [0.05, 0.1) is 16.6 Å². The first-order valence-corrected chi connectivity index (χ1v) is 11.9. The fraction of sp³-hybridized carbons (Fsp3) is 0.192. The Kier molecular flexibility index (Phi) is 5.88. The number of nitrogens with zero attached hydrogens (tertiary/aromatic N) is 2. The Morgan fingerprint density at radius 2 is 1.76 bits per heavy atom. The number of benzene rings is 2. The van der Waals surface area contributed by atoms with Gasteiger partial charge in [-0.05, 0) is 50.1 Å². The lowest BCUT2D eigenvalue weighted by molar-refractivity contribution is 0.260. The molecule has 6 nitrogen and oxygen atoms in total. The molecular formula is C26H24N4O2S. The van der Waals surface area contributed by atoms with Crippen molar-refractivity contribution in [2.24, 2.45) is 0 Å². The maximum atomic E-state index is 13.3. The average Bonchev–Trinajstić information content (AvgIpc) is 3.62. The van der Waals surface area contributed by atoms with Crippen LogP contribution < -0.4 is 16.1 Å². The van der Waals surface area contributed by atoms with Gasteiger partial charge in [0, 0.05) is 34.9 Å². The van der Waals surface area contributed by atoms with Crippen molar-refractivity contribution in [1.29, 1.82) is 0 Å². The smallest absolute Gasteiger partial charge is 0.279 e. The summed E-state index contributed by atoms with van der Waals surface area (Å²) < 4.78 is 2.04. The Labute approximate surface area is 196 Å². The van der Waals surface area contributed by atoms with Gasteiger partial charge >= 0.3 is 0 Å². The van der Waals surface area contributed by atoms with E-state index in [1.165, 1.54) is 0 Å². The van der Waals surface area contributed by atoms with Gasteiger partial charge in [-0.1, -0.05) is 48.2 Å². The Bertz CT molecular complexity index is 1370. The maximum absolute atomic E-state index is 13.3. The molecule has 2 aromatic heterocycles. The first kappa shape index (κ1) is 21.3. The van der Waals surface area contributed by atoms with Crippen LogP contribution in [0.15, 0.2) is 77.6 Å². The monoisotopic (exact) mass is 456 g/mol. The minimum Gasteiger partial charge on any atom is -0.344 e. The summed E-state index contributed by atoms with van der Waals surface area (Å²) in [5.41, 5.74) is 3.87. The van der Waals surface area contributed by atoms with Crippen molar-refractivity contribution in [3.05, 3.63) is 94.4 Å². The van der Waals surface area contributed by atoms with E-state index < -0.39 is 0 Å². The summed E-state index contributed by atoms with van der Waals surface area (Å²) in [5, 5.41) is 6.84. The van der Waals surface area contributed by atoms with Crippen LogP contribution in [0.25, 0.3) is 16.6 Å². The van der Waals surface area contributed by atoms with E-state index in [0.717, 1.165) is 47.2 Å². The zero-order valence-corrected chi connectivity index (χ0v) is 19.1. The van der Waals surface area contributed by atoms with Crippen LogP contribution in [0, 0.1) is 6.92 Å². The number of thioether (sulfide) groups is 1. The number of hydrogen-bond donors (Lipinski definition) is 2. The van der Waals surface area contributed by atoms with Gasteiger partial charge in [0.2, 0.25) is 0 Å². The van der Waals surface area contributed by atoms with Crippen molar-refractivity contribution in [3.8, 4) is 5.69 Å². The molecule has 1 saturated carbocycles. The lowest BCUT2D eigenvalue weighted by atomic mass is 10.1. The Morgan fingerprint density at radius 3 is 2.45 bits per heavy atom. The highest BCUT2D eigenvalue weighted by atomic mass is 32.2. The summed E-state index contributed by atoms with van der Waals surface area (Å²) >= 11 is 1.16. The van der Waals surface area contributed by atoms with Crippen LogP contribution >= 0.6 is 11.8 Å². The third kappa shape index (κ3) is 4.78. The summed E-state index contributed by atoms with van der Waals surface area (Å²) in [6, 6.07) is 23.5. The summed E-state index contributed by atoms with van der Waals surface area (Å²) in [6.45, 7) is 1.91. The van der Waals surface area contributed by atoms with E-state index in [1.54, 1.807) is 6.07 Å². The number of fused-ring (bicyclic) bond motifs is 1. The largest absolute Gasteiger partial charge is 0.344 e. The number of anilines is 2. The molecule has 0 unspecified atom stereocenters. The fourth-order valence-corrected chi connectivity index (χ4v) is 4.57. The number of carbonyl (C=O) groups is 1. The summed E-state index contributed by atoms with van der Waals surface area (Å²) in [4.78, 5) is 30.2. The molecule has 2 N–H and O–H groups in total. The second kappa shape index (κ2) is 9.11. The van der Waals surface area contributed by atoms with Gasteiger partial charge in [-0.25, -0.2) is 0 Å². The molecule has 1 aliphatic carbocycles. The van der Waals surface area contributed by atoms with Crippen molar-refractivity contribution in [3.63, 3.8) is 0 Å². The summed E-state index contributed by atoms with van der Waals surface area (Å²) in [6.07, 6.45) is 2.08. The number of nitrogens with one attached hydrogen (secondary N) is 2.